The number of benzene rings is 1. The van der Waals surface area contributed by atoms with Crippen LogP contribution >= 0.6 is 11.6 Å². The Kier molecular flexibility index (Phi) is 5.09. The van der Waals surface area contributed by atoms with Crippen LogP contribution in [0.25, 0.3) is 0 Å². The Morgan fingerprint density at radius 2 is 2.20 bits per heavy atom. The zero-order valence-corrected chi connectivity index (χ0v) is 13.2. The van der Waals surface area contributed by atoms with Crippen molar-refractivity contribution in [3.63, 3.8) is 0 Å². The summed E-state index contributed by atoms with van der Waals surface area (Å²) >= 11 is 6.06. The van der Waals surface area contributed by atoms with Crippen molar-refractivity contribution >= 4 is 11.6 Å². The van der Waals surface area contributed by atoms with Crippen LogP contribution in [-0.2, 0) is 6.42 Å². The van der Waals surface area contributed by atoms with Crippen LogP contribution in [0, 0.1) is 17.7 Å². The molecule has 1 nitrogen and oxygen atoms in total. The molecule has 0 radical (unpaired) electrons. The fourth-order valence-electron chi connectivity index (χ4n) is 3.61. The number of hydrogen-bond acceptors (Lipinski definition) is 1. The molecule has 3 heteroatoms. The zero-order chi connectivity index (χ0) is 14.8. The Bertz CT molecular complexity index is 460. The third-order valence-corrected chi connectivity index (χ3v) is 4.78. The van der Waals surface area contributed by atoms with Gasteiger partial charge in [-0.2, -0.15) is 0 Å². The molecule has 1 aliphatic carbocycles. The molecule has 0 bridgehead atoms. The molecule has 112 valence electrons. The highest BCUT2D eigenvalue weighted by Crippen LogP contribution is 2.37. The van der Waals surface area contributed by atoms with Gasteiger partial charge >= 0.3 is 0 Å². The molecule has 1 saturated carbocycles. The lowest BCUT2D eigenvalue weighted by molar-refractivity contribution is 0.200. The number of halogens is 2. The van der Waals surface area contributed by atoms with Crippen molar-refractivity contribution in [1.82, 2.24) is 0 Å². The lowest BCUT2D eigenvalue weighted by atomic mass is 9.71. The maximum atomic E-state index is 13.5. The van der Waals surface area contributed by atoms with Crippen LogP contribution in [0.2, 0.25) is 5.02 Å². The van der Waals surface area contributed by atoms with Crippen molar-refractivity contribution in [3.05, 3.63) is 34.6 Å². The third-order valence-electron chi connectivity index (χ3n) is 4.36. The zero-order valence-electron chi connectivity index (χ0n) is 12.5. The third kappa shape index (κ3) is 3.95. The van der Waals surface area contributed by atoms with Crippen molar-refractivity contribution in [3.8, 4) is 0 Å². The standard InChI is InChI=1S/C17H25ClFN/c1-12(2)9-13-5-4-8-17(20,10-13)11-14-6-3-7-15(19)16(14)18/h3,6-7,12-13H,4-5,8-11,20H2,1-2H3. The Morgan fingerprint density at radius 1 is 1.45 bits per heavy atom. The molecule has 20 heavy (non-hydrogen) atoms. The molecule has 1 aromatic carbocycles. The number of nitrogens with two attached hydrogens (primary N) is 1. The molecular formula is C17H25ClFN. The van der Waals surface area contributed by atoms with Crippen molar-refractivity contribution < 1.29 is 4.39 Å². The smallest absolute Gasteiger partial charge is 0.142 e. The number of rotatable bonds is 4. The van der Waals surface area contributed by atoms with Crippen LogP contribution < -0.4 is 5.73 Å². The van der Waals surface area contributed by atoms with E-state index in [0.29, 0.717) is 18.3 Å². The van der Waals surface area contributed by atoms with Crippen molar-refractivity contribution in [2.24, 2.45) is 17.6 Å². The van der Waals surface area contributed by atoms with E-state index in [4.69, 9.17) is 17.3 Å². The monoisotopic (exact) mass is 297 g/mol. The lowest BCUT2D eigenvalue weighted by Gasteiger charge is -2.39. The minimum Gasteiger partial charge on any atom is -0.325 e. The van der Waals surface area contributed by atoms with Crippen LogP contribution in [0.4, 0.5) is 4.39 Å². The van der Waals surface area contributed by atoms with E-state index < -0.39 is 0 Å². The molecule has 1 aliphatic rings. The summed E-state index contributed by atoms with van der Waals surface area (Å²) < 4.78 is 13.5. The van der Waals surface area contributed by atoms with E-state index in [1.54, 1.807) is 6.07 Å². The molecule has 2 rings (SSSR count). The average Bonchev–Trinajstić information content (AvgIpc) is 2.34. The molecule has 1 aromatic rings. The second-order valence-electron chi connectivity index (χ2n) is 6.84. The Balaban J connectivity index is 2.08. The van der Waals surface area contributed by atoms with Gasteiger partial charge in [-0.1, -0.05) is 50.4 Å². The van der Waals surface area contributed by atoms with Gasteiger partial charge in [0.05, 0.1) is 5.02 Å². The molecule has 0 aromatic heterocycles. The highest BCUT2D eigenvalue weighted by molar-refractivity contribution is 6.31. The van der Waals surface area contributed by atoms with Gasteiger partial charge in [0.1, 0.15) is 5.82 Å². The van der Waals surface area contributed by atoms with Gasteiger partial charge in [-0.15, -0.1) is 0 Å². The summed E-state index contributed by atoms with van der Waals surface area (Å²) in [7, 11) is 0. The molecule has 2 N–H and O–H groups in total. The maximum absolute atomic E-state index is 13.5. The van der Waals surface area contributed by atoms with Gasteiger partial charge < -0.3 is 5.73 Å². The minimum atomic E-state index is -0.345. The second-order valence-corrected chi connectivity index (χ2v) is 7.22. The Hall–Kier alpha value is -0.600. The summed E-state index contributed by atoms with van der Waals surface area (Å²) in [5.74, 6) is 1.06. The molecule has 0 heterocycles. The SMILES string of the molecule is CC(C)CC1CCCC(N)(Cc2cccc(F)c2Cl)C1. The fraction of sp³-hybridized carbons (Fsp3) is 0.647. The van der Waals surface area contributed by atoms with Gasteiger partial charge in [0.25, 0.3) is 0 Å². The fourth-order valence-corrected chi connectivity index (χ4v) is 3.81. The quantitative estimate of drug-likeness (QED) is 0.835. The predicted molar refractivity (Wildman–Crippen MR) is 83.4 cm³/mol. The van der Waals surface area contributed by atoms with E-state index >= 15 is 0 Å². The molecular weight excluding hydrogens is 273 g/mol. The van der Waals surface area contributed by atoms with Gasteiger partial charge in [0.15, 0.2) is 0 Å². The van der Waals surface area contributed by atoms with Gasteiger partial charge in [-0.3, -0.25) is 0 Å². The average molecular weight is 298 g/mol. The highest BCUT2D eigenvalue weighted by atomic mass is 35.5. The van der Waals surface area contributed by atoms with E-state index in [-0.39, 0.29) is 16.4 Å². The van der Waals surface area contributed by atoms with E-state index in [9.17, 15) is 4.39 Å². The van der Waals surface area contributed by atoms with E-state index in [2.05, 4.69) is 13.8 Å². The normalized spacial score (nSPS) is 27.0. The van der Waals surface area contributed by atoms with Crippen molar-refractivity contribution in [1.29, 1.82) is 0 Å². The molecule has 0 saturated heterocycles. The van der Waals surface area contributed by atoms with E-state index in [1.807, 2.05) is 6.07 Å². The Labute approximate surface area is 126 Å². The van der Waals surface area contributed by atoms with Gasteiger partial charge in [-0.05, 0) is 49.1 Å². The maximum Gasteiger partial charge on any atom is 0.142 e. The van der Waals surface area contributed by atoms with Gasteiger partial charge in [0.2, 0.25) is 0 Å². The van der Waals surface area contributed by atoms with E-state index in [1.165, 1.54) is 25.3 Å². The summed E-state index contributed by atoms with van der Waals surface area (Å²) in [6.07, 6.45) is 6.38. The molecule has 2 atom stereocenters. The topological polar surface area (TPSA) is 26.0 Å². The lowest BCUT2D eigenvalue weighted by Crippen LogP contribution is -2.46. The summed E-state index contributed by atoms with van der Waals surface area (Å²) in [4.78, 5) is 0. The first kappa shape index (κ1) is 15.8. The van der Waals surface area contributed by atoms with Crippen LogP contribution in [0.3, 0.4) is 0 Å². The summed E-state index contributed by atoms with van der Waals surface area (Å²) in [6.45, 7) is 4.52. The first-order chi connectivity index (χ1) is 9.39. The predicted octanol–water partition coefficient (Wildman–Crippen LogP) is 4.96. The molecule has 0 spiro atoms. The van der Waals surface area contributed by atoms with Gasteiger partial charge in [-0.25, -0.2) is 4.39 Å². The largest absolute Gasteiger partial charge is 0.325 e. The van der Waals surface area contributed by atoms with Crippen LogP contribution in [0.15, 0.2) is 18.2 Å². The van der Waals surface area contributed by atoms with Gasteiger partial charge in [0, 0.05) is 5.54 Å². The van der Waals surface area contributed by atoms with Crippen molar-refractivity contribution in [2.75, 3.05) is 0 Å². The first-order valence-corrected chi connectivity index (χ1v) is 7.99. The van der Waals surface area contributed by atoms with Crippen LogP contribution in [0.5, 0.6) is 0 Å². The van der Waals surface area contributed by atoms with Crippen LogP contribution in [0.1, 0.15) is 51.5 Å². The number of hydrogen-bond donors (Lipinski definition) is 1. The van der Waals surface area contributed by atoms with Crippen LogP contribution in [-0.4, -0.2) is 5.54 Å². The summed E-state index contributed by atoms with van der Waals surface area (Å²) in [5, 5.41) is 0.239. The second kappa shape index (κ2) is 6.44. The summed E-state index contributed by atoms with van der Waals surface area (Å²) in [5.41, 5.74) is 7.21. The minimum absolute atomic E-state index is 0.227. The molecule has 2 unspecified atom stereocenters. The van der Waals surface area contributed by atoms with Crippen molar-refractivity contribution in [2.45, 2.75) is 57.9 Å². The first-order valence-electron chi connectivity index (χ1n) is 7.61. The highest BCUT2D eigenvalue weighted by Gasteiger charge is 2.33. The molecule has 0 amide bonds. The Morgan fingerprint density at radius 3 is 2.90 bits per heavy atom. The summed E-state index contributed by atoms with van der Waals surface area (Å²) in [6, 6.07) is 5.01. The molecule has 1 fully saturated rings. The van der Waals surface area contributed by atoms with E-state index in [0.717, 1.165) is 18.4 Å². The molecule has 0 aliphatic heterocycles.